The first-order chi connectivity index (χ1) is 19.1. The van der Waals surface area contributed by atoms with Gasteiger partial charge in [0.1, 0.15) is 5.82 Å². The number of fused-ring (bicyclic) bond motifs is 2. The van der Waals surface area contributed by atoms with Crippen LogP contribution in [-0.2, 0) is 6.42 Å². The van der Waals surface area contributed by atoms with Crippen molar-refractivity contribution in [3.63, 3.8) is 0 Å². The molecule has 4 aromatic carbocycles. The first-order valence-corrected chi connectivity index (χ1v) is 14.6. The molecule has 0 spiro atoms. The lowest BCUT2D eigenvalue weighted by molar-refractivity contribution is 0.629. The summed E-state index contributed by atoms with van der Waals surface area (Å²) in [6.07, 6.45) is 5.80. The molecule has 3 nitrogen and oxygen atoms in total. The predicted molar refractivity (Wildman–Crippen MR) is 162 cm³/mol. The molecule has 1 radical (unpaired) electrons. The third-order valence-corrected chi connectivity index (χ3v) is 9.40. The van der Waals surface area contributed by atoms with Crippen molar-refractivity contribution in [2.75, 3.05) is 6.54 Å². The van der Waals surface area contributed by atoms with Gasteiger partial charge in [0.2, 0.25) is 0 Å². The Morgan fingerprint density at radius 1 is 0.769 bits per heavy atom. The normalized spacial score (nSPS) is 11.7. The Balaban J connectivity index is 1.23. The fraction of sp³-hybridized carbons (Fsp3) is 0.121. The highest BCUT2D eigenvalue weighted by molar-refractivity contribution is 8.00. The van der Waals surface area contributed by atoms with Crippen LogP contribution in [0.1, 0.15) is 23.1 Å². The Kier molecular flexibility index (Phi) is 7.51. The molecule has 2 aromatic heterocycles. The summed E-state index contributed by atoms with van der Waals surface area (Å²) in [6.45, 7) is 2.66. The molecule has 0 saturated carbocycles. The zero-order chi connectivity index (χ0) is 26.8. The molecule has 6 rings (SSSR count). The highest BCUT2D eigenvalue weighted by atomic mass is 32.2. The Hall–Kier alpha value is -3.45. The Morgan fingerprint density at radius 3 is 2.38 bits per heavy atom. The number of hydrogen-bond donors (Lipinski definition) is 3. The van der Waals surface area contributed by atoms with E-state index in [0.717, 1.165) is 34.2 Å². The molecule has 0 aliphatic rings. The van der Waals surface area contributed by atoms with E-state index >= 15 is 0 Å². The van der Waals surface area contributed by atoms with Crippen LogP contribution < -0.4 is 5.73 Å². The summed E-state index contributed by atoms with van der Waals surface area (Å²) in [7, 11) is 0. The first kappa shape index (κ1) is 25.8. The number of benzene rings is 4. The number of nitrogens with two attached hydrogens (primary N) is 1. The number of hydrogen-bond acceptors (Lipinski definition) is 3. The number of aromatic nitrogens is 2. The molecule has 0 atom stereocenters. The summed E-state index contributed by atoms with van der Waals surface area (Å²) in [5, 5.41) is 2.18. The average Bonchev–Trinajstić information content (AvgIpc) is 3.55. The summed E-state index contributed by atoms with van der Waals surface area (Å²) < 4.78 is 13.9. The molecular formula is C33H29FN3S2. The minimum absolute atomic E-state index is 0.223. The van der Waals surface area contributed by atoms with Crippen LogP contribution in [-0.4, -0.2) is 16.5 Å². The van der Waals surface area contributed by atoms with Gasteiger partial charge in [0.15, 0.2) is 0 Å². The summed E-state index contributed by atoms with van der Waals surface area (Å²) in [4.78, 5) is 11.3. The van der Waals surface area contributed by atoms with Crippen LogP contribution in [0.25, 0.3) is 21.8 Å². The molecule has 0 fully saturated rings. The van der Waals surface area contributed by atoms with Crippen molar-refractivity contribution >= 4 is 45.3 Å². The van der Waals surface area contributed by atoms with Gasteiger partial charge in [0.25, 0.3) is 0 Å². The quantitative estimate of drug-likeness (QED) is 0.168. The molecule has 4 N–H and O–H groups in total. The van der Waals surface area contributed by atoms with Crippen molar-refractivity contribution in [2.45, 2.75) is 39.3 Å². The lowest BCUT2D eigenvalue weighted by atomic mass is 9.92. The maximum absolute atomic E-state index is 13.9. The van der Waals surface area contributed by atoms with E-state index < -0.39 is 0 Å². The van der Waals surface area contributed by atoms with Crippen LogP contribution in [0.4, 0.5) is 4.39 Å². The van der Waals surface area contributed by atoms with Gasteiger partial charge in [-0.25, -0.2) is 4.39 Å². The molecule has 0 saturated heterocycles. The van der Waals surface area contributed by atoms with Crippen molar-refractivity contribution in [3.8, 4) is 0 Å². The van der Waals surface area contributed by atoms with E-state index in [-0.39, 0.29) is 5.82 Å². The summed E-state index contributed by atoms with van der Waals surface area (Å²) in [5.41, 5.74) is 12.2. The summed E-state index contributed by atoms with van der Waals surface area (Å²) in [5.74, 6) is 1.02. The monoisotopic (exact) mass is 550 g/mol. The number of H-pyrrole nitrogens is 2. The summed E-state index contributed by atoms with van der Waals surface area (Å²) >= 11 is 3.47. The van der Waals surface area contributed by atoms with Crippen LogP contribution in [0.2, 0.25) is 0 Å². The molecule has 2 heterocycles. The molecule has 0 bridgehead atoms. The van der Waals surface area contributed by atoms with E-state index in [1.165, 1.54) is 48.7 Å². The molecule has 0 aliphatic carbocycles. The van der Waals surface area contributed by atoms with E-state index in [1.54, 1.807) is 35.7 Å². The number of rotatable bonds is 9. The van der Waals surface area contributed by atoms with Crippen LogP contribution >= 0.6 is 23.5 Å². The largest absolute Gasteiger partial charge is 0.360 e. The average molecular weight is 551 g/mol. The van der Waals surface area contributed by atoms with E-state index in [2.05, 4.69) is 89.8 Å². The highest BCUT2D eigenvalue weighted by Crippen LogP contribution is 2.40. The third kappa shape index (κ3) is 5.37. The fourth-order valence-electron chi connectivity index (χ4n) is 5.09. The maximum Gasteiger partial charge on any atom is 0.123 e. The van der Waals surface area contributed by atoms with Gasteiger partial charge in [-0.3, -0.25) is 0 Å². The molecular weight excluding hydrogens is 522 g/mol. The van der Waals surface area contributed by atoms with Crippen LogP contribution in [0, 0.1) is 18.7 Å². The van der Waals surface area contributed by atoms with Gasteiger partial charge < -0.3 is 15.7 Å². The van der Waals surface area contributed by atoms with Gasteiger partial charge in [0.05, 0.1) is 0 Å². The molecule has 195 valence electrons. The molecule has 0 unspecified atom stereocenters. The second-order valence-corrected chi connectivity index (χ2v) is 11.8. The molecule has 39 heavy (non-hydrogen) atoms. The van der Waals surface area contributed by atoms with Crippen molar-refractivity contribution in [3.05, 3.63) is 126 Å². The van der Waals surface area contributed by atoms with Gasteiger partial charge >= 0.3 is 0 Å². The lowest BCUT2D eigenvalue weighted by Gasteiger charge is -2.19. The Labute approximate surface area is 236 Å². The van der Waals surface area contributed by atoms with Crippen LogP contribution in [0.15, 0.2) is 117 Å². The van der Waals surface area contributed by atoms with E-state index in [0.29, 0.717) is 6.54 Å². The highest BCUT2D eigenvalue weighted by Gasteiger charge is 2.18. The third-order valence-electron chi connectivity index (χ3n) is 7.11. The zero-order valence-electron chi connectivity index (χ0n) is 21.6. The number of halogens is 1. The maximum atomic E-state index is 13.9. The van der Waals surface area contributed by atoms with Crippen LogP contribution in [0.3, 0.4) is 0 Å². The van der Waals surface area contributed by atoms with E-state index in [9.17, 15) is 4.39 Å². The molecule has 0 amide bonds. The number of aryl methyl sites for hydroxylation is 2. The smallest absolute Gasteiger partial charge is 0.123 e. The number of aromatic amines is 2. The predicted octanol–water partition coefficient (Wildman–Crippen LogP) is 8.91. The van der Waals surface area contributed by atoms with Crippen molar-refractivity contribution in [1.82, 2.24) is 9.97 Å². The summed E-state index contributed by atoms with van der Waals surface area (Å²) in [6, 6.07) is 28.3. The molecule has 0 aliphatic heterocycles. The second kappa shape index (κ2) is 11.3. The first-order valence-electron chi connectivity index (χ1n) is 13.0. The Morgan fingerprint density at radius 2 is 1.51 bits per heavy atom. The second-order valence-electron chi connectivity index (χ2n) is 9.61. The standard InChI is InChI=1S/C33H29FN3S2/c1-21-7-6-10-28-33(21)32(20-37-28)39-30-12-5-3-9-25(30)23(18-35)14-13-22-8-2-4-11-29(22)38-31-19-36-27-16-15-24(34)17-26(27)31/h2-12,15-17,19-20,36-37H,13-14,18,35H2,1H3. The van der Waals surface area contributed by atoms with Crippen molar-refractivity contribution < 1.29 is 4.39 Å². The molecule has 6 heteroatoms. The van der Waals surface area contributed by atoms with Crippen molar-refractivity contribution in [2.24, 2.45) is 5.73 Å². The van der Waals surface area contributed by atoms with E-state index in [4.69, 9.17) is 5.73 Å². The van der Waals surface area contributed by atoms with Crippen LogP contribution in [0.5, 0.6) is 0 Å². The van der Waals surface area contributed by atoms with Crippen molar-refractivity contribution in [1.29, 1.82) is 0 Å². The topological polar surface area (TPSA) is 57.6 Å². The lowest BCUT2D eigenvalue weighted by Crippen LogP contribution is -2.15. The van der Waals surface area contributed by atoms with Gasteiger partial charge in [-0.1, -0.05) is 72.1 Å². The molecule has 6 aromatic rings. The zero-order valence-corrected chi connectivity index (χ0v) is 23.3. The number of nitrogens with one attached hydrogen (secondary N) is 2. The van der Waals surface area contributed by atoms with Gasteiger partial charge in [-0.15, -0.1) is 0 Å². The van der Waals surface area contributed by atoms with E-state index in [1.807, 2.05) is 6.20 Å². The fourth-order valence-corrected chi connectivity index (χ4v) is 7.37. The SMILES string of the molecule is Cc1cccc2[nH]cc(Sc3ccccc3[C](CN)CCc3ccccc3Sc3c[nH]c4ccc(F)cc34)c12. The minimum Gasteiger partial charge on any atom is -0.360 e. The Bertz CT molecular complexity index is 1750. The minimum atomic E-state index is -0.223. The van der Waals surface area contributed by atoms with Gasteiger partial charge in [-0.05, 0) is 72.9 Å². The van der Waals surface area contributed by atoms with Gasteiger partial charge in [-0.2, -0.15) is 0 Å². The van der Waals surface area contributed by atoms with Gasteiger partial charge in [0, 0.05) is 66.2 Å².